The molecule has 1 unspecified atom stereocenters. The van der Waals surface area contributed by atoms with Crippen LogP contribution in [0.1, 0.15) is 12.1 Å². The molecule has 2 aromatic rings. The zero-order valence-electron chi connectivity index (χ0n) is 9.69. The number of hydrogen-bond donors (Lipinski definition) is 2. The maximum atomic E-state index is 10.5. The van der Waals surface area contributed by atoms with Crippen molar-refractivity contribution in [3.8, 4) is 0 Å². The van der Waals surface area contributed by atoms with Gasteiger partial charge in [0.1, 0.15) is 6.04 Å². The van der Waals surface area contributed by atoms with Gasteiger partial charge in [0.25, 0.3) is 0 Å². The first-order valence-corrected chi connectivity index (χ1v) is 6.67. The number of hydrogen-bond acceptors (Lipinski definition) is 5. The van der Waals surface area contributed by atoms with Crippen molar-refractivity contribution in [3.05, 3.63) is 30.4 Å². The third kappa shape index (κ3) is 3.21. The van der Waals surface area contributed by atoms with Crippen LogP contribution in [0.15, 0.2) is 24.7 Å². The molecule has 0 saturated carbocycles. The van der Waals surface area contributed by atoms with Gasteiger partial charge in [-0.25, -0.2) is 9.97 Å². The molecule has 0 radical (unpaired) electrons. The fourth-order valence-corrected chi connectivity index (χ4v) is 2.37. The van der Waals surface area contributed by atoms with Crippen LogP contribution < -0.4 is 5.73 Å². The van der Waals surface area contributed by atoms with E-state index in [-0.39, 0.29) is 0 Å². The third-order valence-corrected chi connectivity index (χ3v) is 3.45. The second-order valence-corrected chi connectivity index (χ2v) is 4.95. The molecule has 0 bridgehead atoms. The van der Waals surface area contributed by atoms with Gasteiger partial charge in [-0.05, 0) is 18.2 Å². The van der Waals surface area contributed by atoms with E-state index in [2.05, 4.69) is 9.97 Å². The average molecular weight is 266 g/mol. The van der Waals surface area contributed by atoms with Gasteiger partial charge >= 0.3 is 5.97 Å². The maximum Gasteiger partial charge on any atom is 0.320 e. The molecule has 3 N–H and O–H groups in total. The van der Waals surface area contributed by atoms with Gasteiger partial charge in [-0.1, -0.05) is 0 Å². The van der Waals surface area contributed by atoms with E-state index in [0.29, 0.717) is 18.0 Å². The van der Waals surface area contributed by atoms with E-state index in [1.807, 2.05) is 22.9 Å². The summed E-state index contributed by atoms with van der Waals surface area (Å²) in [5.41, 5.74) is 6.35. The smallest absolute Gasteiger partial charge is 0.320 e. The quantitative estimate of drug-likeness (QED) is 0.750. The zero-order valence-corrected chi connectivity index (χ0v) is 10.5. The van der Waals surface area contributed by atoms with E-state index in [9.17, 15) is 4.79 Å². The van der Waals surface area contributed by atoms with Crippen LogP contribution >= 0.6 is 11.8 Å². The van der Waals surface area contributed by atoms with E-state index in [1.165, 1.54) is 0 Å². The Morgan fingerprint density at radius 2 is 2.44 bits per heavy atom. The first-order valence-electron chi connectivity index (χ1n) is 5.51. The predicted molar refractivity (Wildman–Crippen MR) is 69.4 cm³/mol. The van der Waals surface area contributed by atoms with Crippen molar-refractivity contribution in [2.24, 2.45) is 5.73 Å². The number of aliphatic carboxylic acids is 1. The summed E-state index contributed by atoms with van der Waals surface area (Å²) in [6, 6.07) is 1.07. The third-order valence-electron chi connectivity index (χ3n) is 2.43. The van der Waals surface area contributed by atoms with Gasteiger partial charge in [0.15, 0.2) is 0 Å². The summed E-state index contributed by atoms with van der Waals surface area (Å²) in [5.74, 6) is 1.16. The molecular weight excluding hydrogens is 252 g/mol. The molecule has 0 aliphatic rings. The predicted octanol–water partition coefficient (Wildman–Crippen LogP) is 0.764. The van der Waals surface area contributed by atoms with Crippen LogP contribution in [0.2, 0.25) is 0 Å². The van der Waals surface area contributed by atoms with E-state index >= 15 is 0 Å². The van der Waals surface area contributed by atoms with Crippen LogP contribution in [0.25, 0.3) is 5.78 Å². The van der Waals surface area contributed by atoms with Crippen molar-refractivity contribution in [1.82, 2.24) is 14.4 Å². The Balaban J connectivity index is 1.81. The number of aromatic nitrogens is 3. The molecular formula is C11H14N4O2S. The highest BCUT2D eigenvalue weighted by atomic mass is 32.2. The van der Waals surface area contributed by atoms with Gasteiger partial charge in [-0.3, -0.25) is 9.20 Å². The van der Waals surface area contributed by atoms with Crippen molar-refractivity contribution in [3.63, 3.8) is 0 Å². The number of thioether (sulfide) groups is 1. The molecule has 0 aliphatic heterocycles. The highest BCUT2D eigenvalue weighted by Gasteiger charge is 2.10. The van der Waals surface area contributed by atoms with Gasteiger partial charge in [0.05, 0.1) is 5.69 Å². The molecule has 18 heavy (non-hydrogen) atoms. The molecule has 6 nitrogen and oxygen atoms in total. The van der Waals surface area contributed by atoms with Crippen molar-refractivity contribution in [2.75, 3.05) is 5.75 Å². The molecule has 7 heteroatoms. The Morgan fingerprint density at radius 1 is 1.61 bits per heavy atom. The van der Waals surface area contributed by atoms with E-state index in [1.54, 1.807) is 18.0 Å². The summed E-state index contributed by atoms with van der Waals surface area (Å²) >= 11 is 1.62. The molecule has 0 aromatic carbocycles. The lowest BCUT2D eigenvalue weighted by Gasteiger charge is -2.04. The van der Waals surface area contributed by atoms with Gasteiger partial charge in [0.2, 0.25) is 5.78 Å². The van der Waals surface area contributed by atoms with Crippen LogP contribution in [0.5, 0.6) is 0 Å². The molecule has 0 aliphatic carbocycles. The molecule has 2 heterocycles. The number of nitrogens with zero attached hydrogens (tertiary/aromatic N) is 3. The van der Waals surface area contributed by atoms with Crippen molar-refractivity contribution in [1.29, 1.82) is 0 Å². The number of fused-ring (bicyclic) bond motifs is 1. The summed E-state index contributed by atoms with van der Waals surface area (Å²) in [4.78, 5) is 19.0. The topological polar surface area (TPSA) is 93.5 Å². The van der Waals surface area contributed by atoms with Crippen molar-refractivity contribution in [2.45, 2.75) is 18.2 Å². The number of imidazole rings is 1. The summed E-state index contributed by atoms with van der Waals surface area (Å²) in [7, 11) is 0. The molecule has 0 saturated heterocycles. The van der Waals surface area contributed by atoms with Crippen molar-refractivity contribution < 1.29 is 9.90 Å². The van der Waals surface area contributed by atoms with Gasteiger partial charge in [-0.15, -0.1) is 0 Å². The van der Waals surface area contributed by atoms with Crippen LogP contribution in [-0.2, 0) is 10.5 Å². The average Bonchev–Trinajstić information content (AvgIpc) is 2.76. The number of carbonyl (C=O) groups is 1. The summed E-state index contributed by atoms with van der Waals surface area (Å²) < 4.78 is 1.86. The fourth-order valence-electron chi connectivity index (χ4n) is 1.46. The van der Waals surface area contributed by atoms with Crippen LogP contribution in [-0.4, -0.2) is 37.2 Å². The minimum absolute atomic E-state index is 0.464. The van der Waals surface area contributed by atoms with E-state index < -0.39 is 12.0 Å². The normalized spacial score (nSPS) is 12.7. The molecule has 0 fully saturated rings. The van der Waals surface area contributed by atoms with E-state index in [0.717, 1.165) is 11.4 Å². The van der Waals surface area contributed by atoms with Crippen LogP contribution in [0.4, 0.5) is 0 Å². The van der Waals surface area contributed by atoms with Crippen LogP contribution in [0, 0.1) is 0 Å². The fraction of sp³-hybridized carbons (Fsp3) is 0.364. The Hall–Kier alpha value is -1.60. The van der Waals surface area contributed by atoms with Gasteiger partial charge in [-0.2, -0.15) is 11.8 Å². The first-order chi connectivity index (χ1) is 8.66. The Kier molecular flexibility index (Phi) is 4.16. The largest absolute Gasteiger partial charge is 0.480 e. The zero-order chi connectivity index (χ0) is 13.0. The van der Waals surface area contributed by atoms with Gasteiger partial charge in [0, 0.05) is 24.3 Å². The number of rotatable bonds is 6. The standard InChI is InChI=1S/C11H14N4O2S/c12-9(10(16)17)2-5-18-7-8-6-15-4-1-3-13-11(15)14-8/h1,3-4,6,9H,2,5,7,12H2,(H,16,17). The molecule has 2 aromatic heterocycles. The molecule has 2 rings (SSSR count). The van der Waals surface area contributed by atoms with Gasteiger partial charge < -0.3 is 10.8 Å². The lowest BCUT2D eigenvalue weighted by molar-refractivity contribution is -0.138. The maximum absolute atomic E-state index is 10.5. The first kappa shape index (κ1) is 12.8. The Labute approximate surface area is 108 Å². The molecule has 1 atom stereocenters. The van der Waals surface area contributed by atoms with E-state index in [4.69, 9.17) is 10.8 Å². The monoisotopic (exact) mass is 266 g/mol. The minimum atomic E-state index is -0.951. The second kappa shape index (κ2) is 5.83. The second-order valence-electron chi connectivity index (χ2n) is 3.85. The Morgan fingerprint density at radius 3 is 3.17 bits per heavy atom. The summed E-state index contributed by atoms with van der Waals surface area (Å²) in [5, 5.41) is 8.64. The van der Waals surface area contributed by atoms with Crippen molar-refractivity contribution >= 4 is 23.5 Å². The number of nitrogens with two attached hydrogens (primary N) is 1. The highest BCUT2D eigenvalue weighted by molar-refractivity contribution is 7.98. The Bertz CT molecular complexity index is 510. The molecule has 0 amide bonds. The highest BCUT2D eigenvalue weighted by Crippen LogP contribution is 2.13. The number of carboxylic acid groups (broad SMARTS) is 1. The minimum Gasteiger partial charge on any atom is -0.480 e. The summed E-state index contributed by atoms with van der Waals surface area (Å²) in [6.45, 7) is 0. The molecule has 0 spiro atoms. The SMILES string of the molecule is NC(CCSCc1cn2cccnc2n1)C(=O)O. The number of carboxylic acids is 1. The molecule has 96 valence electrons. The van der Waals surface area contributed by atoms with Crippen LogP contribution in [0.3, 0.4) is 0 Å². The lowest BCUT2D eigenvalue weighted by atomic mass is 10.2. The lowest BCUT2D eigenvalue weighted by Crippen LogP contribution is -2.30. The summed E-state index contributed by atoms with van der Waals surface area (Å²) in [6.07, 6.45) is 5.98.